The maximum Gasteiger partial charge on any atom is 0.263 e. The van der Waals surface area contributed by atoms with Crippen LogP contribution in [0.5, 0.6) is 5.75 Å². The molecule has 0 saturated carbocycles. The summed E-state index contributed by atoms with van der Waals surface area (Å²) < 4.78 is 5.42. The van der Waals surface area contributed by atoms with Crippen molar-refractivity contribution in [1.82, 2.24) is 10.8 Å². The van der Waals surface area contributed by atoms with E-state index >= 15 is 0 Å². The Balaban J connectivity index is 2.07. The van der Waals surface area contributed by atoms with Gasteiger partial charge in [0.05, 0.1) is 12.7 Å². The molecule has 0 saturated heterocycles. The number of para-hydroxylation sites is 1. The van der Waals surface area contributed by atoms with Crippen molar-refractivity contribution >= 4 is 12.0 Å². The van der Waals surface area contributed by atoms with Crippen molar-refractivity contribution in [2.75, 3.05) is 13.7 Å². The first-order chi connectivity index (χ1) is 14.7. The molecule has 0 bridgehead atoms. The fraction of sp³-hybridized carbons (Fsp3) is 0.320. The zero-order valence-corrected chi connectivity index (χ0v) is 18.6. The molecule has 0 fully saturated rings. The molecule has 1 amide bonds. The number of carbonyl (C=O) groups excluding carboxylic acids is 1. The Morgan fingerprint density at radius 2 is 1.87 bits per heavy atom. The Kier molecular flexibility index (Phi) is 8.56. The molecule has 0 aromatic heterocycles. The molecule has 0 heterocycles. The van der Waals surface area contributed by atoms with E-state index in [0.29, 0.717) is 6.54 Å². The highest BCUT2D eigenvalue weighted by Crippen LogP contribution is 2.30. The molecule has 6 nitrogen and oxygen atoms in total. The number of ether oxygens (including phenoxy) is 1. The van der Waals surface area contributed by atoms with Crippen LogP contribution < -0.4 is 15.5 Å². The van der Waals surface area contributed by atoms with Crippen LogP contribution in [0.3, 0.4) is 0 Å². The van der Waals surface area contributed by atoms with E-state index in [1.54, 1.807) is 33.4 Å². The fourth-order valence-corrected chi connectivity index (χ4v) is 3.42. The number of nitrogens with one attached hydrogen (secondary N) is 2. The van der Waals surface area contributed by atoms with Gasteiger partial charge in [0, 0.05) is 18.0 Å². The summed E-state index contributed by atoms with van der Waals surface area (Å²) in [6.07, 6.45) is 3.78. The van der Waals surface area contributed by atoms with E-state index in [0.717, 1.165) is 28.0 Å². The number of carbonyl (C=O) groups is 1. The minimum absolute atomic E-state index is 0.325. The highest BCUT2D eigenvalue weighted by molar-refractivity contribution is 5.82. The largest absolute Gasteiger partial charge is 0.496 e. The third-order valence-electron chi connectivity index (χ3n) is 5.65. The number of methoxy groups -OCH3 is 1. The smallest absolute Gasteiger partial charge is 0.263 e. The van der Waals surface area contributed by atoms with E-state index in [9.17, 15) is 9.90 Å². The minimum atomic E-state index is -1.43. The zero-order chi connectivity index (χ0) is 23.0. The van der Waals surface area contributed by atoms with Crippen molar-refractivity contribution in [2.45, 2.75) is 32.4 Å². The molecule has 2 aromatic carbocycles. The lowest BCUT2D eigenvalue weighted by atomic mass is 9.80. The predicted molar refractivity (Wildman–Crippen MR) is 124 cm³/mol. The summed E-state index contributed by atoms with van der Waals surface area (Å²) in [5.41, 5.74) is 4.01. The molecule has 3 atom stereocenters. The van der Waals surface area contributed by atoms with Gasteiger partial charge in [-0.2, -0.15) is 0 Å². The van der Waals surface area contributed by atoms with Crippen LogP contribution in [0.2, 0.25) is 0 Å². The van der Waals surface area contributed by atoms with Gasteiger partial charge in [0.2, 0.25) is 0 Å². The highest BCUT2D eigenvalue weighted by Gasteiger charge is 2.41. The van der Waals surface area contributed by atoms with Crippen molar-refractivity contribution < 1.29 is 19.8 Å². The molecule has 2 aromatic rings. The van der Waals surface area contributed by atoms with Crippen molar-refractivity contribution in [2.24, 2.45) is 5.92 Å². The van der Waals surface area contributed by atoms with Gasteiger partial charge in [0.15, 0.2) is 0 Å². The number of hydrogen-bond acceptors (Lipinski definition) is 5. The molecular weight excluding hydrogens is 392 g/mol. The first-order valence-corrected chi connectivity index (χ1v) is 10.2. The van der Waals surface area contributed by atoms with E-state index in [1.165, 1.54) is 0 Å². The standard InChI is InChI=1S/C25H32N2O4/c1-17(2)18(3)25(4,29)23(24(28)27-30)26-16-8-9-19-12-14-20(15-13-19)21-10-6-7-11-22(21)31-5/h6-15,18,23,26,29-30H,1,16H2,2-5H3,(H,27,28). The average Bonchev–Trinajstić information content (AvgIpc) is 2.78. The first kappa shape index (κ1) is 24.3. The Labute approximate surface area is 184 Å². The van der Waals surface area contributed by atoms with Crippen LogP contribution in [-0.4, -0.2) is 41.5 Å². The number of rotatable bonds is 10. The second-order valence-corrected chi connectivity index (χ2v) is 7.84. The number of benzene rings is 2. The Hall–Kier alpha value is -2.93. The van der Waals surface area contributed by atoms with Crippen molar-refractivity contribution in [3.05, 3.63) is 72.3 Å². The van der Waals surface area contributed by atoms with E-state index < -0.39 is 17.6 Å². The fourth-order valence-electron chi connectivity index (χ4n) is 3.42. The van der Waals surface area contributed by atoms with Gasteiger partial charge >= 0.3 is 0 Å². The summed E-state index contributed by atoms with van der Waals surface area (Å²) in [5, 5.41) is 23.0. The monoisotopic (exact) mass is 424 g/mol. The molecule has 0 spiro atoms. The van der Waals surface area contributed by atoms with Crippen LogP contribution in [0.1, 0.15) is 26.3 Å². The van der Waals surface area contributed by atoms with Crippen LogP contribution in [0.4, 0.5) is 0 Å². The predicted octanol–water partition coefficient (Wildman–Crippen LogP) is 3.80. The molecule has 166 valence electrons. The van der Waals surface area contributed by atoms with Crippen molar-refractivity contribution in [3.63, 3.8) is 0 Å². The quantitative estimate of drug-likeness (QED) is 0.265. The molecule has 31 heavy (non-hydrogen) atoms. The lowest BCUT2D eigenvalue weighted by Crippen LogP contribution is -2.60. The number of amides is 1. The maximum atomic E-state index is 12.1. The van der Waals surface area contributed by atoms with Gasteiger partial charge in [-0.15, -0.1) is 0 Å². The molecule has 2 rings (SSSR count). The zero-order valence-electron chi connectivity index (χ0n) is 18.6. The van der Waals surface area contributed by atoms with E-state index in [2.05, 4.69) is 11.9 Å². The van der Waals surface area contributed by atoms with E-state index in [-0.39, 0.29) is 5.92 Å². The van der Waals surface area contributed by atoms with Crippen molar-refractivity contribution in [1.29, 1.82) is 0 Å². The minimum Gasteiger partial charge on any atom is -0.496 e. The second-order valence-electron chi connectivity index (χ2n) is 7.84. The normalized spacial score (nSPS) is 15.2. The van der Waals surface area contributed by atoms with E-state index in [4.69, 9.17) is 9.94 Å². The summed E-state index contributed by atoms with van der Waals surface area (Å²) in [7, 11) is 1.65. The molecular formula is C25H32N2O4. The van der Waals surface area contributed by atoms with Gasteiger partial charge in [-0.25, -0.2) is 5.48 Å². The number of aliphatic hydroxyl groups is 1. The molecule has 0 radical (unpaired) electrons. The van der Waals surface area contributed by atoms with Crippen molar-refractivity contribution in [3.8, 4) is 16.9 Å². The average molecular weight is 425 g/mol. The lowest BCUT2D eigenvalue weighted by Gasteiger charge is -2.37. The van der Waals surface area contributed by atoms with Crippen LogP contribution in [0.25, 0.3) is 17.2 Å². The SMILES string of the molecule is C=C(C)C(C)C(C)(O)C(NCC=Cc1ccc(-c2ccccc2OC)cc1)C(=O)NO. The van der Waals surface area contributed by atoms with Gasteiger partial charge in [0.1, 0.15) is 11.8 Å². The maximum absolute atomic E-state index is 12.1. The van der Waals surface area contributed by atoms with Gasteiger partial charge in [-0.3, -0.25) is 15.3 Å². The molecule has 0 aliphatic heterocycles. The topological polar surface area (TPSA) is 90.8 Å². The summed E-state index contributed by atoms with van der Waals surface area (Å²) in [5.74, 6) is -0.235. The van der Waals surface area contributed by atoms with Crippen LogP contribution in [0.15, 0.2) is 66.8 Å². The summed E-state index contributed by atoms with van der Waals surface area (Å²) in [6, 6.07) is 14.9. The second kappa shape index (κ2) is 10.9. The third-order valence-corrected chi connectivity index (χ3v) is 5.65. The summed E-state index contributed by atoms with van der Waals surface area (Å²) in [6.45, 7) is 9.33. The summed E-state index contributed by atoms with van der Waals surface area (Å²) >= 11 is 0. The van der Waals surface area contributed by atoms with Crippen LogP contribution in [0, 0.1) is 5.92 Å². The Bertz CT molecular complexity index is 919. The van der Waals surface area contributed by atoms with Gasteiger partial charge in [-0.05, 0) is 31.0 Å². The number of hydrogen-bond donors (Lipinski definition) is 4. The molecule has 0 aliphatic carbocycles. The summed E-state index contributed by atoms with van der Waals surface area (Å²) in [4.78, 5) is 12.1. The van der Waals surface area contributed by atoms with Gasteiger partial charge < -0.3 is 9.84 Å². The molecule has 3 unspecified atom stereocenters. The van der Waals surface area contributed by atoms with Gasteiger partial charge in [-0.1, -0.05) is 73.7 Å². The third kappa shape index (κ3) is 6.04. The van der Waals surface area contributed by atoms with Gasteiger partial charge in [0.25, 0.3) is 5.91 Å². The lowest BCUT2D eigenvalue weighted by molar-refractivity contribution is -0.139. The molecule has 0 aliphatic rings. The highest BCUT2D eigenvalue weighted by atomic mass is 16.5. The molecule has 6 heteroatoms. The number of hydroxylamine groups is 1. The molecule has 4 N–H and O–H groups in total. The first-order valence-electron chi connectivity index (χ1n) is 10.2. The van der Waals surface area contributed by atoms with Crippen LogP contribution >= 0.6 is 0 Å². The Morgan fingerprint density at radius 1 is 1.23 bits per heavy atom. The van der Waals surface area contributed by atoms with Crippen LogP contribution in [-0.2, 0) is 4.79 Å². The Morgan fingerprint density at radius 3 is 2.45 bits per heavy atom. The van der Waals surface area contributed by atoms with E-state index in [1.807, 2.05) is 60.7 Å².